The van der Waals surface area contributed by atoms with E-state index < -0.39 is 44.2 Å². The predicted octanol–water partition coefficient (Wildman–Crippen LogP) is 5.73. The van der Waals surface area contributed by atoms with Crippen LogP contribution in [0.25, 0.3) is 0 Å². The molecule has 0 heterocycles. The van der Waals surface area contributed by atoms with Gasteiger partial charge in [0.05, 0.1) is 6.04 Å². The lowest BCUT2D eigenvalue weighted by molar-refractivity contribution is -0.141. The molecule has 3 rings (SSSR count). The Hall–Kier alpha value is -3.75. The fourth-order valence-electron chi connectivity index (χ4n) is 5.32. The molecule has 4 N–H and O–H groups in total. The average Bonchev–Trinajstić information content (AvgIpc) is 2.96. The largest absolute Gasteiger partial charge is 0.517 e. The zero-order valence-corrected chi connectivity index (χ0v) is 28.2. The van der Waals surface area contributed by atoms with Crippen LogP contribution in [0.15, 0.2) is 91.0 Å². The van der Waals surface area contributed by atoms with Crippen LogP contribution in [0.5, 0.6) is 0 Å². The molecule has 7 nitrogen and oxygen atoms in total. The number of benzene rings is 3. The molecule has 0 unspecified atom stereocenters. The van der Waals surface area contributed by atoms with E-state index in [-0.39, 0.29) is 22.9 Å². The predicted molar refractivity (Wildman–Crippen MR) is 179 cm³/mol. The maximum absolute atomic E-state index is 14.0. The van der Waals surface area contributed by atoms with E-state index in [0.717, 1.165) is 16.7 Å². The molecule has 0 bridgehead atoms. The monoisotopic (exact) mass is 615 g/mol. The molecule has 0 saturated carbocycles. The number of rotatable bonds is 12. The summed E-state index contributed by atoms with van der Waals surface area (Å²) in [5.74, 6) is -1.37. The van der Waals surface area contributed by atoms with Crippen molar-refractivity contribution in [1.29, 1.82) is 0 Å². The van der Waals surface area contributed by atoms with Crippen molar-refractivity contribution in [2.24, 2.45) is 5.73 Å². The van der Waals surface area contributed by atoms with Crippen molar-refractivity contribution in [1.82, 2.24) is 10.6 Å². The van der Waals surface area contributed by atoms with Crippen molar-refractivity contribution in [2.45, 2.75) is 95.6 Å². The van der Waals surface area contributed by atoms with Gasteiger partial charge in [0.15, 0.2) is 0 Å². The Morgan fingerprint density at radius 2 is 1.00 bits per heavy atom. The zero-order valence-electron chi connectivity index (χ0n) is 27.2. The number of nitrogens with two attached hydrogens (primary N) is 1. The van der Waals surface area contributed by atoms with E-state index >= 15 is 0 Å². The first-order chi connectivity index (χ1) is 20.6. The molecule has 0 fully saturated rings. The van der Waals surface area contributed by atoms with Crippen LogP contribution in [-0.2, 0) is 38.1 Å². The lowest BCUT2D eigenvalue weighted by Gasteiger charge is -2.48. The number of amides is 2. The highest BCUT2D eigenvalue weighted by Crippen LogP contribution is 2.51. The summed E-state index contributed by atoms with van der Waals surface area (Å²) in [6.45, 7) is 14.7. The van der Waals surface area contributed by atoms with Crippen LogP contribution in [0.1, 0.15) is 58.2 Å². The average molecular weight is 616 g/mol. The van der Waals surface area contributed by atoms with Crippen LogP contribution < -0.4 is 16.4 Å². The molecule has 3 aromatic carbocycles. The Labute approximate surface area is 264 Å². The van der Waals surface area contributed by atoms with Crippen LogP contribution in [0.4, 0.5) is 0 Å². The highest BCUT2D eigenvalue weighted by Gasteiger charge is 2.54. The Bertz CT molecular complexity index is 1360. The first kappa shape index (κ1) is 34.7. The van der Waals surface area contributed by atoms with Crippen LogP contribution in [0, 0.1) is 0 Å². The number of carbonyl (C=O) groups is 3. The van der Waals surface area contributed by atoms with Crippen molar-refractivity contribution in [2.75, 3.05) is 0 Å². The van der Waals surface area contributed by atoms with Crippen LogP contribution >= 0.6 is 0 Å². The van der Waals surface area contributed by atoms with Gasteiger partial charge in [0, 0.05) is 12.8 Å². The minimum atomic E-state index is -2.70. The maximum Gasteiger partial charge on any atom is 0.315 e. The number of hydrogen-bond acceptors (Lipinski definition) is 5. The summed E-state index contributed by atoms with van der Waals surface area (Å²) < 4.78 is 6.46. The fraction of sp³-hybridized carbons (Fsp3) is 0.417. The van der Waals surface area contributed by atoms with E-state index in [1.54, 1.807) is 0 Å². The van der Waals surface area contributed by atoms with Gasteiger partial charge in [-0.25, -0.2) is 0 Å². The van der Waals surface area contributed by atoms with Crippen molar-refractivity contribution >= 4 is 26.1 Å². The van der Waals surface area contributed by atoms with Gasteiger partial charge in [-0.3, -0.25) is 14.4 Å². The normalized spacial score (nSPS) is 14.2. The Morgan fingerprint density at radius 3 is 1.41 bits per heavy atom. The van der Waals surface area contributed by atoms with E-state index in [4.69, 9.17) is 10.2 Å². The summed E-state index contributed by atoms with van der Waals surface area (Å²) in [4.78, 5) is 41.2. The lowest BCUT2D eigenvalue weighted by Crippen LogP contribution is -2.59. The highest BCUT2D eigenvalue weighted by molar-refractivity contribution is 6.79. The van der Waals surface area contributed by atoms with E-state index in [0.29, 0.717) is 6.42 Å². The third kappa shape index (κ3) is 9.37. The van der Waals surface area contributed by atoms with Crippen molar-refractivity contribution in [3.8, 4) is 0 Å². The second-order valence-electron chi connectivity index (χ2n) is 13.8. The number of hydrogen-bond donors (Lipinski definition) is 3. The van der Waals surface area contributed by atoms with E-state index in [1.807, 2.05) is 91.0 Å². The maximum atomic E-state index is 14.0. The van der Waals surface area contributed by atoms with Gasteiger partial charge >= 0.3 is 5.97 Å². The molecule has 0 radical (unpaired) electrons. The molecule has 0 saturated heterocycles. The molecule has 2 amide bonds. The van der Waals surface area contributed by atoms with Crippen molar-refractivity contribution in [3.63, 3.8) is 0 Å². The van der Waals surface area contributed by atoms with Crippen LogP contribution in [0.3, 0.4) is 0 Å². The number of carbonyl (C=O) groups excluding carboxylic acids is 3. The minimum Gasteiger partial charge on any atom is -0.517 e. The van der Waals surface area contributed by atoms with Crippen LogP contribution in [0.2, 0.25) is 16.6 Å². The van der Waals surface area contributed by atoms with E-state index in [1.165, 1.54) is 0 Å². The molecule has 0 aliphatic heterocycles. The van der Waals surface area contributed by atoms with Crippen molar-refractivity contribution in [3.05, 3.63) is 108 Å². The van der Waals surface area contributed by atoms with Gasteiger partial charge in [0.1, 0.15) is 12.1 Å². The summed E-state index contributed by atoms with van der Waals surface area (Å²) in [7, 11) is -2.70. The third-order valence-electron chi connectivity index (χ3n) is 8.60. The molecular weight excluding hydrogens is 566 g/mol. The summed E-state index contributed by atoms with van der Waals surface area (Å²) in [6, 6.07) is 25.8. The molecule has 0 aliphatic carbocycles. The molecule has 3 aromatic rings. The van der Waals surface area contributed by atoms with Gasteiger partial charge in [-0.15, -0.1) is 0 Å². The highest BCUT2D eigenvalue weighted by atomic mass is 28.4. The Balaban J connectivity index is 1.89. The SMILES string of the molecule is CC(C)(C)[Si](C)(OC(=O)[C@H](Cc1ccccc1)NC(=O)[C@H](Cc1ccccc1)NC(=O)[C@@H](N)Cc1ccccc1)C(C)(C)C. The Morgan fingerprint density at radius 1 is 0.636 bits per heavy atom. The smallest absolute Gasteiger partial charge is 0.315 e. The Kier molecular flexibility index (Phi) is 11.7. The topological polar surface area (TPSA) is 111 Å². The third-order valence-corrected chi connectivity index (χ3v) is 14.9. The van der Waals surface area contributed by atoms with Crippen LogP contribution in [-0.4, -0.2) is 44.2 Å². The molecule has 3 atom stereocenters. The second-order valence-corrected chi connectivity index (χ2v) is 19.0. The summed E-state index contributed by atoms with van der Waals surface area (Å²) >= 11 is 0. The van der Waals surface area contributed by atoms with Gasteiger partial charge in [0.2, 0.25) is 11.8 Å². The molecule has 44 heavy (non-hydrogen) atoms. The van der Waals surface area contributed by atoms with Gasteiger partial charge in [0.25, 0.3) is 8.32 Å². The standard InChI is InChI=1S/C36H49N3O4Si/c1-35(2,3)44(7,36(4,5)6)43-34(42)31(25-28-21-15-10-16-22-28)39-33(41)30(24-27-19-13-9-14-20-27)38-32(40)29(37)23-26-17-11-8-12-18-26/h8-22,29-31H,23-25,37H2,1-7H3,(H,38,40)(H,39,41)/t29-,30-,31-/m0/s1. The molecule has 236 valence electrons. The zero-order chi connectivity index (χ0) is 32.5. The van der Waals surface area contributed by atoms with Crippen molar-refractivity contribution < 1.29 is 18.8 Å². The molecule has 8 heteroatoms. The van der Waals surface area contributed by atoms with Gasteiger partial charge < -0.3 is 20.8 Å². The number of nitrogens with one attached hydrogen (secondary N) is 2. The lowest BCUT2D eigenvalue weighted by atomic mass is 10.0. The molecule has 0 aromatic heterocycles. The first-order valence-corrected chi connectivity index (χ1v) is 17.7. The van der Waals surface area contributed by atoms with E-state index in [9.17, 15) is 14.4 Å². The minimum absolute atomic E-state index is 0.236. The van der Waals surface area contributed by atoms with Gasteiger partial charge in [-0.05, 0) is 39.7 Å². The second kappa shape index (κ2) is 14.8. The molecular formula is C36H49N3O4Si. The summed E-state index contributed by atoms with van der Waals surface area (Å²) in [5.41, 5.74) is 8.96. The fourth-order valence-corrected chi connectivity index (χ4v) is 8.72. The summed E-state index contributed by atoms with van der Waals surface area (Å²) in [6.07, 6.45) is 0.821. The van der Waals surface area contributed by atoms with Gasteiger partial charge in [-0.1, -0.05) is 133 Å². The first-order valence-electron chi connectivity index (χ1n) is 15.3. The van der Waals surface area contributed by atoms with E-state index in [2.05, 4.69) is 58.7 Å². The quantitative estimate of drug-likeness (QED) is 0.226. The van der Waals surface area contributed by atoms with Gasteiger partial charge in [-0.2, -0.15) is 0 Å². The summed E-state index contributed by atoms with van der Waals surface area (Å²) in [5, 5.41) is 5.33. The molecule has 0 spiro atoms. The molecule has 0 aliphatic rings.